The summed E-state index contributed by atoms with van der Waals surface area (Å²) in [6.45, 7) is 7.93. The van der Waals surface area contributed by atoms with Crippen molar-refractivity contribution in [3.63, 3.8) is 0 Å². The van der Waals surface area contributed by atoms with Gasteiger partial charge < -0.3 is 9.52 Å². The summed E-state index contributed by atoms with van der Waals surface area (Å²) >= 11 is 0. The molecule has 0 aliphatic carbocycles. The molecule has 0 fully saturated rings. The molecule has 0 saturated heterocycles. The lowest BCUT2D eigenvalue weighted by molar-refractivity contribution is 0.0945. The molecule has 1 N–H and O–H groups in total. The van der Waals surface area contributed by atoms with Crippen molar-refractivity contribution >= 4 is 0 Å². The van der Waals surface area contributed by atoms with Crippen LogP contribution in [-0.4, -0.2) is 22.7 Å². The number of hydrogen-bond acceptors (Lipinski definition) is 3. The van der Waals surface area contributed by atoms with Gasteiger partial charge in [0.2, 0.25) is 0 Å². The van der Waals surface area contributed by atoms with Gasteiger partial charge in [-0.2, -0.15) is 0 Å². The van der Waals surface area contributed by atoms with Gasteiger partial charge in [-0.1, -0.05) is 35.9 Å². The van der Waals surface area contributed by atoms with Gasteiger partial charge in [0.25, 0.3) is 0 Å². The molecule has 22 heavy (non-hydrogen) atoms. The Balaban J connectivity index is 2.01. The number of nitrogens with zero attached hydrogens (tertiary/aromatic N) is 1. The van der Waals surface area contributed by atoms with Crippen LogP contribution in [0.4, 0.5) is 0 Å². The zero-order valence-corrected chi connectivity index (χ0v) is 13.2. The van der Waals surface area contributed by atoms with Gasteiger partial charge in [-0.05, 0) is 37.5 Å². The highest BCUT2D eigenvalue weighted by Crippen LogP contribution is 2.13. The lowest BCUT2D eigenvalue weighted by Crippen LogP contribution is -2.31. The topological polar surface area (TPSA) is 36.6 Å². The second kappa shape index (κ2) is 8.57. The van der Waals surface area contributed by atoms with Crippen LogP contribution in [0.3, 0.4) is 0 Å². The predicted molar refractivity (Wildman–Crippen MR) is 89.4 cm³/mol. The van der Waals surface area contributed by atoms with Crippen LogP contribution in [0.1, 0.15) is 29.7 Å². The Morgan fingerprint density at radius 2 is 2.14 bits per heavy atom. The van der Waals surface area contributed by atoms with E-state index >= 15 is 0 Å². The summed E-state index contributed by atoms with van der Waals surface area (Å²) in [6.07, 6.45) is 4.76. The normalized spacial score (nSPS) is 12.5. The molecule has 1 heterocycles. The van der Waals surface area contributed by atoms with E-state index in [1.807, 2.05) is 18.2 Å². The molecule has 0 bridgehead atoms. The van der Waals surface area contributed by atoms with Crippen LogP contribution >= 0.6 is 0 Å². The van der Waals surface area contributed by atoms with E-state index in [4.69, 9.17) is 4.42 Å². The molecule has 0 saturated carbocycles. The van der Waals surface area contributed by atoms with Gasteiger partial charge in [-0.15, -0.1) is 6.58 Å². The molecule has 1 aromatic carbocycles. The number of aliphatic hydroxyl groups excluding tert-OH is 1. The number of aryl methyl sites for hydroxylation is 1. The monoisotopic (exact) mass is 299 g/mol. The van der Waals surface area contributed by atoms with E-state index in [0.717, 1.165) is 25.1 Å². The number of aliphatic hydroxyl groups is 1. The third kappa shape index (κ3) is 5.51. The zero-order chi connectivity index (χ0) is 15.8. The molecule has 0 spiro atoms. The number of furan rings is 1. The highest BCUT2D eigenvalue weighted by molar-refractivity contribution is 5.22. The molecule has 1 aromatic heterocycles. The minimum absolute atomic E-state index is 0.349. The first-order valence-corrected chi connectivity index (χ1v) is 7.76. The molecule has 3 nitrogen and oxygen atoms in total. The average molecular weight is 299 g/mol. The Morgan fingerprint density at radius 3 is 2.82 bits per heavy atom. The van der Waals surface area contributed by atoms with Crippen molar-refractivity contribution in [2.75, 3.05) is 6.54 Å². The molecule has 3 heteroatoms. The molecule has 0 amide bonds. The van der Waals surface area contributed by atoms with Crippen LogP contribution in [0.15, 0.2) is 59.7 Å². The van der Waals surface area contributed by atoms with Gasteiger partial charge in [-0.25, -0.2) is 0 Å². The first-order valence-electron chi connectivity index (χ1n) is 7.76. The van der Waals surface area contributed by atoms with Crippen LogP contribution in [0, 0.1) is 6.92 Å². The third-order valence-electron chi connectivity index (χ3n) is 3.62. The maximum atomic E-state index is 10.2. The maximum absolute atomic E-state index is 10.2. The number of hydrogen-bond donors (Lipinski definition) is 1. The van der Waals surface area contributed by atoms with E-state index in [-0.39, 0.29) is 6.10 Å². The average Bonchev–Trinajstić information content (AvgIpc) is 2.98. The molecule has 1 atom stereocenters. The van der Waals surface area contributed by atoms with Gasteiger partial charge >= 0.3 is 0 Å². The van der Waals surface area contributed by atoms with Crippen molar-refractivity contribution < 1.29 is 9.52 Å². The van der Waals surface area contributed by atoms with Crippen molar-refractivity contribution in [2.45, 2.75) is 39.0 Å². The second-order valence-corrected chi connectivity index (χ2v) is 5.76. The molecule has 1 unspecified atom stereocenters. The van der Waals surface area contributed by atoms with E-state index < -0.39 is 0 Å². The highest BCUT2D eigenvalue weighted by Gasteiger charge is 2.14. The van der Waals surface area contributed by atoms with Crippen LogP contribution in [0.5, 0.6) is 0 Å². The Morgan fingerprint density at radius 1 is 1.27 bits per heavy atom. The summed E-state index contributed by atoms with van der Waals surface area (Å²) < 4.78 is 5.45. The Labute approximate surface area is 132 Å². The summed E-state index contributed by atoms with van der Waals surface area (Å²) in [5.74, 6) is 0.920. The third-order valence-corrected chi connectivity index (χ3v) is 3.62. The first kappa shape index (κ1) is 16.5. The minimum Gasteiger partial charge on any atom is -0.468 e. The van der Waals surface area contributed by atoms with Crippen molar-refractivity contribution in [1.82, 2.24) is 4.90 Å². The van der Waals surface area contributed by atoms with E-state index in [2.05, 4.69) is 42.7 Å². The summed E-state index contributed by atoms with van der Waals surface area (Å²) in [5.41, 5.74) is 2.50. The second-order valence-electron chi connectivity index (χ2n) is 5.76. The van der Waals surface area contributed by atoms with Gasteiger partial charge in [0.15, 0.2) is 0 Å². The van der Waals surface area contributed by atoms with Crippen LogP contribution in [0.25, 0.3) is 0 Å². The quantitative estimate of drug-likeness (QED) is 0.713. The molecule has 2 aromatic rings. The van der Waals surface area contributed by atoms with Crippen LogP contribution in [-0.2, 0) is 13.1 Å². The summed E-state index contributed by atoms with van der Waals surface area (Å²) in [5, 5.41) is 10.2. The lowest BCUT2D eigenvalue weighted by atomic mass is 10.1. The summed E-state index contributed by atoms with van der Waals surface area (Å²) in [6, 6.07) is 12.3. The Hall–Kier alpha value is -1.84. The van der Waals surface area contributed by atoms with Gasteiger partial charge in [0.1, 0.15) is 5.76 Å². The number of allylic oxidation sites excluding steroid dienone is 1. The molecular formula is C19H25NO2. The largest absolute Gasteiger partial charge is 0.468 e. The number of benzene rings is 1. The van der Waals surface area contributed by atoms with E-state index in [1.165, 1.54) is 11.1 Å². The Kier molecular flexibility index (Phi) is 6.44. The standard InChI is InChI=1S/C19H25NO2/c1-3-4-9-18(21)14-20(15-19-10-6-11-22-19)13-17-8-5-7-16(2)12-17/h3,5-8,10-12,18,21H,1,4,9,13-15H2,2H3. The minimum atomic E-state index is -0.349. The lowest BCUT2D eigenvalue weighted by Gasteiger charge is -2.24. The molecule has 2 rings (SSSR count). The highest BCUT2D eigenvalue weighted by atomic mass is 16.3. The van der Waals surface area contributed by atoms with E-state index in [1.54, 1.807) is 6.26 Å². The van der Waals surface area contributed by atoms with Gasteiger partial charge in [-0.3, -0.25) is 4.90 Å². The summed E-state index contributed by atoms with van der Waals surface area (Å²) in [7, 11) is 0. The van der Waals surface area contributed by atoms with E-state index in [0.29, 0.717) is 13.1 Å². The fourth-order valence-electron chi connectivity index (χ4n) is 2.58. The zero-order valence-electron chi connectivity index (χ0n) is 13.2. The first-order chi connectivity index (χ1) is 10.7. The molecule has 0 aliphatic heterocycles. The summed E-state index contributed by atoms with van der Waals surface area (Å²) in [4.78, 5) is 2.22. The van der Waals surface area contributed by atoms with Crippen molar-refractivity contribution in [3.05, 3.63) is 72.2 Å². The van der Waals surface area contributed by atoms with Crippen LogP contribution < -0.4 is 0 Å². The smallest absolute Gasteiger partial charge is 0.117 e. The fraction of sp³-hybridized carbons (Fsp3) is 0.368. The molecule has 0 radical (unpaired) electrons. The predicted octanol–water partition coefficient (Wildman–Crippen LogP) is 3.92. The van der Waals surface area contributed by atoms with Gasteiger partial charge in [0, 0.05) is 13.1 Å². The maximum Gasteiger partial charge on any atom is 0.117 e. The SMILES string of the molecule is C=CCCC(O)CN(Cc1cccc(C)c1)Cc1ccco1. The van der Waals surface area contributed by atoms with Crippen LogP contribution in [0.2, 0.25) is 0 Å². The Bertz CT molecular complexity index is 563. The van der Waals surface area contributed by atoms with Crippen molar-refractivity contribution in [3.8, 4) is 0 Å². The van der Waals surface area contributed by atoms with Gasteiger partial charge in [0.05, 0.1) is 18.9 Å². The number of rotatable bonds is 9. The fourth-order valence-corrected chi connectivity index (χ4v) is 2.58. The molecule has 0 aliphatic rings. The van der Waals surface area contributed by atoms with E-state index in [9.17, 15) is 5.11 Å². The van der Waals surface area contributed by atoms with Crippen molar-refractivity contribution in [1.29, 1.82) is 0 Å². The molecular weight excluding hydrogens is 274 g/mol. The molecule has 118 valence electrons. The van der Waals surface area contributed by atoms with Crippen molar-refractivity contribution in [2.24, 2.45) is 0 Å².